The molecule has 2 heterocycles. The van der Waals surface area contributed by atoms with E-state index in [0.29, 0.717) is 11.5 Å². The SMILES string of the molecule is COc1ccccc1Nc1ncnc2nc(C)[nH]c12. The van der Waals surface area contributed by atoms with Crippen molar-refractivity contribution in [3.05, 3.63) is 36.4 Å². The van der Waals surface area contributed by atoms with E-state index < -0.39 is 0 Å². The number of aryl methyl sites for hydroxylation is 1. The molecule has 19 heavy (non-hydrogen) atoms. The molecule has 0 bridgehead atoms. The minimum Gasteiger partial charge on any atom is -0.495 e. The Morgan fingerprint density at radius 3 is 2.89 bits per heavy atom. The van der Waals surface area contributed by atoms with E-state index in [1.165, 1.54) is 6.33 Å². The van der Waals surface area contributed by atoms with Gasteiger partial charge in [-0.2, -0.15) is 0 Å². The van der Waals surface area contributed by atoms with E-state index in [0.717, 1.165) is 22.8 Å². The van der Waals surface area contributed by atoms with Gasteiger partial charge in [-0.05, 0) is 19.1 Å². The van der Waals surface area contributed by atoms with Crippen molar-refractivity contribution in [3.63, 3.8) is 0 Å². The molecule has 0 unspecified atom stereocenters. The quantitative estimate of drug-likeness (QED) is 0.751. The van der Waals surface area contributed by atoms with Gasteiger partial charge in [-0.15, -0.1) is 0 Å². The second-order valence-corrected chi connectivity index (χ2v) is 4.07. The van der Waals surface area contributed by atoms with Crippen LogP contribution in [-0.4, -0.2) is 27.0 Å². The third kappa shape index (κ3) is 2.08. The van der Waals surface area contributed by atoms with Crippen LogP contribution < -0.4 is 10.1 Å². The fourth-order valence-electron chi connectivity index (χ4n) is 1.91. The molecular weight excluding hydrogens is 242 g/mol. The Bertz CT molecular complexity index is 722. The largest absolute Gasteiger partial charge is 0.495 e. The molecule has 2 N–H and O–H groups in total. The molecule has 0 saturated heterocycles. The Morgan fingerprint density at radius 1 is 1.21 bits per heavy atom. The van der Waals surface area contributed by atoms with E-state index in [9.17, 15) is 0 Å². The molecule has 96 valence electrons. The first kappa shape index (κ1) is 11.5. The van der Waals surface area contributed by atoms with Crippen molar-refractivity contribution in [1.29, 1.82) is 0 Å². The van der Waals surface area contributed by atoms with Gasteiger partial charge >= 0.3 is 0 Å². The normalized spacial score (nSPS) is 10.6. The van der Waals surface area contributed by atoms with E-state index in [1.807, 2.05) is 31.2 Å². The first-order chi connectivity index (χ1) is 9.28. The summed E-state index contributed by atoms with van der Waals surface area (Å²) < 4.78 is 5.30. The average Bonchev–Trinajstić information content (AvgIpc) is 2.81. The Kier molecular flexibility index (Phi) is 2.75. The fourth-order valence-corrected chi connectivity index (χ4v) is 1.91. The second-order valence-electron chi connectivity index (χ2n) is 4.07. The van der Waals surface area contributed by atoms with E-state index >= 15 is 0 Å². The van der Waals surface area contributed by atoms with Crippen LogP contribution in [0, 0.1) is 6.92 Å². The minimum absolute atomic E-state index is 0.643. The molecule has 3 rings (SSSR count). The molecule has 0 aliphatic carbocycles. The van der Waals surface area contributed by atoms with Gasteiger partial charge in [0.25, 0.3) is 0 Å². The number of hydrogen-bond acceptors (Lipinski definition) is 5. The molecule has 0 saturated carbocycles. The zero-order valence-corrected chi connectivity index (χ0v) is 10.6. The zero-order valence-electron chi connectivity index (χ0n) is 10.6. The fraction of sp³-hybridized carbons (Fsp3) is 0.154. The number of aromatic nitrogens is 4. The van der Waals surface area contributed by atoms with Crippen LogP contribution in [-0.2, 0) is 0 Å². The summed E-state index contributed by atoms with van der Waals surface area (Å²) in [6, 6.07) is 7.66. The molecule has 6 nitrogen and oxygen atoms in total. The maximum atomic E-state index is 5.30. The molecule has 0 amide bonds. The highest BCUT2D eigenvalue weighted by molar-refractivity contribution is 5.85. The van der Waals surface area contributed by atoms with Gasteiger partial charge in [-0.25, -0.2) is 15.0 Å². The van der Waals surface area contributed by atoms with Crippen molar-refractivity contribution in [2.45, 2.75) is 6.92 Å². The van der Waals surface area contributed by atoms with Crippen molar-refractivity contribution >= 4 is 22.7 Å². The summed E-state index contributed by atoms with van der Waals surface area (Å²) in [6.07, 6.45) is 1.49. The molecule has 6 heteroatoms. The Labute approximate surface area is 109 Å². The lowest BCUT2D eigenvalue weighted by atomic mass is 10.3. The Hall–Kier alpha value is -2.63. The lowest BCUT2D eigenvalue weighted by molar-refractivity contribution is 0.417. The Balaban J connectivity index is 2.05. The predicted molar refractivity (Wildman–Crippen MR) is 72.7 cm³/mol. The van der Waals surface area contributed by atoms with Gasteiger partial charge in [0.2, 0.25) is 0 Å². The summed E-state index contributed by atoms with van der Waals surface area (Å²) in [4.78, 5) is 15.8. The summed E-state index contributed by atoms with van der Waals surface area (Å²) in [5.74, 6) is 2.24. The van der Waals surface area contributed by atoms with Crippen molar-refractivity contribution in [1.82, 2.24) is 19.9 Å². The van der Waals surface area contributed by atoms with Crippen molar-refractivity contribution in [2.24, 2.45) is 0 Å². The molecule has 0 aliphatic heterocycles. The second kappa shape index (κ2) is 4.56. The number of para-hydroxylation sites is 2. The molecule has 0 aliphatic rings. The first-order valence-electron chi connectivity index (χ1n) is 5.85. The van der Waals surface area contributed by atoms with E-state index in [-0.39, 0.29) is 0 Å². The molecule has 2 aromatic heterocycles. The van der Waals surface area contributed by atoms with Gasteiger partial charge in [0.15, 0.2) is 11.5 Å². The average molecular weight is 255 g/mol. The maximum Gasteiger partial charge on any atom is 0.183 e. The molecule has 3 aromatic rings. The molecule has 0 atom stereocenters. The summed E-state index contributed by atoms with van der Waals surface area (Å²) in [5, 5.41) is 3.23. The van der Waals surface area contributed by atoms with Gasteiger partial charge in [0, 0.05) is 0 Å². The lowest BCUT2D eigenvalue weighted by Crippen LogP contribution is -1.98. The van der Waals surface area contributed by atoms with E-state index in [2.05, 4.69) is 25.3 Å². The molecule has 0 radical (unpaired) electrons. The number of hydrogen-bond donors (Lipinski definition) is 2. The number of imidazole rings is 1. The third-order valence-electron chi connectivity index (χ3n) is 2.77. The number of fused-ring (bicyclic) bond motifs is 1. The summed E-state index contributed by atoms with van der Waals surface area (Å²) >= 11 is 0. The summed E-state index contributed by atoms with van der Waals surface area (Å²) in [5.41, 5.74) is 2.27. The number of H-pyrrole nitrogens is 1. The highest BCUT2D eigenvalue weighted by Crippen LogP contribution is 2.28. The number of ether oxygens (including phenoxy) is 1. The minimum atomic E-state index is 0.643. The zero-order chi connectivity index (χ0) is 13.2. The van der Waals surface area contributed by atoms with Crippen LogP contribution >= 0.6 is 0 Å². The van der Waals surface area contributed by atoms with Gasteiger partial charge < -0.3 is 15.0 Å². The van der Waals surface area contributed by atoms with E-state index in [4.69, 9.17) is 4.74 Å². The van der Waals surface area contributed by atoms with Crippen LogP contribution in [0.2, 0.25) is 0 Å². The molecular formula is C13H13N5O. The number of anilines is 2. The highest BCUT2D eigenvalue weighted by Gasteiger charge is 2.09. The number of methoxy groups -OCH3 is 1. The standard InChI is InChI=1S/C13H13N5O/c1-8-16-11-12(17-8)14-7-15-13(11)18-9-5-3-4-6-10(9)19-2/h3-7H,1-2H3,(H2,14,15,16,17,18). The van der Waals surface area contributed by atoms with E-state index in [1.54, 1.807) is 7.11 Å². The number of nitrogens with zero attached hydrogens (tertiary/aromatic N) is 3. The number of nitrogens with one attached hydrogen (secondary N) is 2. The third-order valence-corrected chi connectivity index (χ3v) is 2.77. The van der Waals surface area contributed by atoms with Crippen molar-refractivity contribution < 1.29 is 4.74 Å². The van der Waals surface area contributed by atoms with Gasteiger partial charge in [0.1, 0.15) is 23.4 Å². The summed E-state index contributed by atoms with van der Waals surface area (Å²) in [6.45, 7) is 1.88. The summed E-state index contributed by atoms with van der Waals surface area (Å²) in [7, 11) is 1.64. The lowest BCUT2D eigenvalue weighted by Gasteiger charge is -2.10. The van der Waals surface area contributed by atoms with Crippen LogP contribution in [0.4, 0.5) is 11.5 Å². The van der Waals surface area contributed by atoms with Crippen LogP contribution in [0.5, 0.6) is 5.75 Å². The molecule has 1 aromatic carbocycles. The van der Waals surface area contributed by atoms with Crippen LogP contribution in [0.15, 0.2) is 30.6 Å². The Morgan fingerprint density at radius 2 is 2.05 bits per heavy atom. The number of rotatable bonds is 3. The van der Waals surface area contributed by atoms with Gasteiger partial charge in [-0.1, -0.05) is 12.1 Å². The van der Waals surface area contributed by atoms with Crippen molar-refractivity contribution in [3.8, 4) is 5.75 Å². The number of benzene rings is 1. The monoisotopic (exact) mass is 255 g/mol. The number of aromatic amines is 1. The highest BCUT2D eigenvalue weighted by atomic mass is 16.5. The van der Waals surface area contributed by atoms with Crippen molar-refractivity contribution in [2.75, 3.05) is 12.4 Å². The van der Waals surface area contributed by atoms with Crippen LogP contribution in [0.25, 0.3) is 11.2 Å². The van der Waals surface area contributed by atoms with Gasteiger partial charge in [0.05, 0.1) is 12.8 Å². The van der Waals surface area contributed by atoms with Crippen LogP contribution in [0.3, 0.4) is 0 Å². The smallest absolute Gasteiger partial charge is 0.183 e. The topological polar surface area (TPSA) is 75.7 Å². The predicted octanol–water partition coefficient (Wildman–Crippen LogP) is 2.41. The maximum absolute atomic E-state index is 5.30. The van der Waals surface area contributed by atoms with Crippen LogP contribution in [0.1, 0.15) is 5.82 Å². The van der Waals surface area contributed by atoms with Gasteiger partial charge in [-0.3, -0.25) is 0 Å². The first-order valence-corrected chi connectivity index (χ1v) is 5.85. The molecule has 0 fully saturated rings. The molecule has 0 spiro atoms.